The molecule has 0 aromatic heterocycles. The Labute approximate surface area is 126 Å². The number of hydrogen-bond donors (Lipinski definition) is 1. The highest BCUT2D eigenvalue weighted by Crippen LogP contribution is 2.39. The van der Waals surface area contributed by atoms with Gasteiger partial charge in [-0.2, -0.15) is 0 Å². The molecule has 19 heavy (non-hydrogen) atoms. The normalized spacial score (nSPS) is 25.9. The van der Waals surface area contributed by atoms with Crippen LogP contribution in [0.15, 0.2) is 0 Å². The lowest BCUT2D eigenvalue weighted by Crippen LogP contribution is -2.38. The maximum absolute atomic E-state index is 12.1. The van der Waals surface area contributed by atoms with Crippen molar-refractivity contribution < 1.29 is 9.53 Å². The largest absolute Gasteiger partial charge is 0.383 e. The van der Waals surface area contributed by atoms with Crippen LogP contribution in [-0.2, 0) is 9.53 Å². The zero-order chi connectivity index (χ0) is 14.5. The summed E-state index contributed by atoms with van der Waals surface area (Å²) in [4.78, 5) is 12.3. The molecule has 1 atom stereocenters. The van der Waals surface area contributed by atoms with Crippen molar-refractivity contribution in [3.8, 4) is 0 Å². The van der Waals surface area contributed by atoms with E-state index in [-0.39, 0.29) is 16.7 Å². The van der Waals surface area contributed by atoms with Crippen molar-refractivity contribution in [1.82, 2.24) is 5.32 Å². The molecule has 1 aliphatic carbocycles. The SMILES string of the molecule is COCC(Br)CNC(=O)C1CCC(C(C)(C)C)CC1. The number of amides is 1. The molecule has 0 aromatic rings. The second kappa shape index (κ2) is 7.63. The molecule has 0 spiro atoms. The Morgan fingerprint density at radius 2 is 1.89 bits per heavy atom. The van der Waals surface area contributed by atoms with Crippen LogP contribution >= 0.6 is 15.9 Å². The van der Waals surface area contributed by atoms with Crippen LogP contribution in [0.3, 0.4) is 0 Å². The third-order valence-electron chi connectivity index (χ3n) is 4.17. The van der Waals surface area contributed by atoms with Gasteiger partial charge in [0, 0.05) is 19.6 Å². The molecule has 3 nitrogen and oxygen atoms in total. The summed E-state index contributed by atoms with van der Waals surface area (Å²) in [6.07, 6.45) is 4.42. The Balaban J connectivity index is 2.29. The molecule has 0 aliphatic heterocycles. The number of halogens is 1. The summed E-state index contributed by atoms with van der Waals surface area (Å²) >= 11 is 3.49. The van der Waals surface area contributed by atoms with Gasteiger partial charge in [-0.25, -0.2) is 0 Å². The van der Waals surface area contributed by atoms with Crippen LogP contribution in [0.25, 0.3) is 0 Å². The van der Waals surface area contributed by atoms with Crippen molar-refractivity contribution in [1.29, 1.82) is 0 Å². The molecule has 1 fully saturated rings. The Morgan fingerprint density at radius 3 is 2.37 bits per heavy atom. The Kier molecular flexibility index (Phi) is 6.81. The maximum atomic E-state index is 12.1. The van der Waals surface area contributed by atoms with E-state index in [0.29, 0.717) is 18.6 Å². The van der Waals surface area contributed by atoms with Crippen LogP contribution in [0.5, 0.6) is 0 Å². The van der Waals surface area contributed by atoms with Gasteiger partial charge in [-0.15, -0.1) is 0 Å². The van der Waals surface area contributed by atoms with E-state index in [1.807, 2.05) is 0 Å². The standard InChI is InChI=1S/C15H28BrNO2/c1-15(2,3)12-7-5-11(6-8-12)14(18)17-9-13(16)10-19-4/h11-13H,5-10H2,1-4H3,(H,17,18). The van der Waals surface area contributed by atoms with Crippen molar-refractivity contribution in [3.63, 3.8) is 0 Å². The molecular weight excluding hydrogens is 306 g/mol. The molecule has 1 amide bonds. The lowest BCUT2D eigenvalue weighted by Gasteiger charge is -2.36. The number of carbonyl (C=O) groups excluding carboxylic acids is 1. The third-order valence-corrected chi connectivity index (χ3v) is 4.76. The summed E-state index contributed by atoms with van der Waals surface area (Å²) in [6.45, 7) is 8.18. The van der Waals surface area contributed by atoms with E-state index in [9.17, 15) is 4.79 Å². The Morgan fingerprint density at radius 1 is 1.32 bits per heavy atom. The summed E-state index contributed by atoms with van der Waals surface area (Å²) in [5.74, 6) is 1.18. The number of carbonyl (C=O) groups is 1. The van der Waals surface area contributed by atoms with Gasteiger partial charge in [0.05, 0.1) is 11.4 Å². The van der Waals surface area contributed by atoms with E-state index in [4.69, 9.17) is 4.74 Å². The Hall–Kier alpha value is -0.0900. The van der Waals surface area contributed by atoms with E-state index >= 15 is 0 Å². The highest BCUT2D eigenvalue weighted by molar-refractivity contribution is 9.09. The van der Waals surface area contributed by atoms with Gasteiger partial charge in [-0.1, -0.05) is 36.7 Å². The van der Waals surface area contributed by atoms with Crippen molar-refractivity contribution in [2.24, 2.45) is 17.3 Å². The van der Waals surface area contributed by atoms with Crippen LogP contribution in [0.1, 0.15) is 46.5 Å². The van der Waals surface area contributed by atoms with Crippen LogP contribution in [0.4, 0.5) is 0 Å². The van der Waals surface area contributed by atoms with Gasteiger partial charge >= 0.3 is 0 Å². The van der Waals surface area contributed by atoms with Crippen molar-refractivity contribution in [2.75, 3.05) is 20.3 Å². The topological polar surface area (TPSA) is 38.3 Å². The Bertz CT molecular complexity index is 280. The molecule has 4 heteroatoms. The quantitative estimate of drug-likeness (QED) is 0.783. The first kappa shape index (κ1) is 17.0. The molecule has 0 heterocycles. The van der Waals surface area contributed by atoms with Crippen LogP contribution in [0, 0.1) is 17.3 Å². The number of hydrogen-bond acceptors (Lipinski definition) is 2. The number of rotatable bonds is 5. The van der Waals surface area contributed by atoms with E-state index in [0.717, 1.165) is 18.8 Å². The monoisotopic (exact) mass is 333 g/mol. The predicted molar refractivity (Wildman–Crippen MR) is 82.5 cm³/mol. The number of methoxy groups -OCH3 is 1. The highest BCUT2D eigenvalue weighted by atomic mass is 79.9. The fourth-order valence-electron chi connectivity index (χ4n) is 2.82. The highest BCUT2D eigenvalue weighted by Gasteiger charge is 2.32. The average molecular weight is 334 g/mol. The van der Waals surface area contributed by atoms with Crippen LogP contribution in [-0.4, -0.2) is 31.0 Å². The predicted octanol–water partition coefficient (Wildman–Crippen LogP) is 3.37. The van der Waals surface area contributed by atoms with Crippen molar-refractivity contribution in [2.45, 2.75) is 51.3 Å². The van der Waals surface area contributed by atoms with E-state index in [1.165, 1.54) is 12.8 Å². The number of alkyl halides is 1. The van der Waals surface area contributed by atoms with Gasteiger partial charge in [-0.3, -0.25) is 4.79 Å². The third kappa shape index (κ3) is 5.82. The number of ether oxygens (including phenoxy) is 1. The second-order valence-electron chi connectivity index (χ2n) is 6.71. The summed E-state index contributed by atoms with van der Waals surface area (Å²) in [5.41, 5.74) is 0.376. The van der Waals surface area contributed by atoms with Gasteiger partial charge in [0.2, 0.25) is 5.91 Å². The summed E-state index contributed by atoms with van der Waals surface area (Å²) < 4.78 is 5.03. The molecule has 0 bridgehead atoms. The molecule has 0 saturated heterocycles. The average Bonchev–Trinajstić information content (AvgIpc) is 2.35. The first-order valence-electron chi connectivity index (χ1n) is 7.25. The summed E-state index contributed by atoms with van der Waals surface area (Å²) in [7, 11) is 1.67. The first-order valence-corrected chi connectivity index (χ1v) is 8.17. The molecule has 1 saturated carbocycles. The molecule has 0 aromatic carbocycles. The first-order chi connectivity index (χ1) is 8.84. The van der Waals surface area contributed by atoms with Crippen molar-refractivity contribution in [3.05, 3.63) is 0 Å². The maximum Gasteiger partial charge on any atom is 0.223 e. The van der Waals surface area contributed by atoms with Gasteiger partial charge in [-0.05, 0) is 37.0 Å². The van der Waals surface area contributed by atoms with Gasteiger partial charge in [0.15, 0.2) is 0 Å². The molecule has 0 radical (unpaired) electrons. The smallest absolute Gasteiger partial charge is 0.223 e. The van der Waals surface area contributed by atoms with E-state index in [1.54, 1.807) is 7.11 Å². The zero-order valence-electron chi connectivity index (χ0n) is 12.7. The molecule has 112 valence electrons. The van der Waals surface area contributed by atoms with Gasteiger partial charge in [0.1, 0.15) is 0 Å². The minimum atomic E-state index is 0.201. The lowest BCUT2D eigenvalue weighted by molar-refractivity contribution is -0.126. The second-order valence-corrected chi connectivity index (χ2v) is 8.01. The summed E-state index contributed by atoms with van der Waals surface area (Å²) in [6, 6.07) is 0. The van der Waals surface area contributed by atoms with Gasteiger partial charge in [0.25, 0.3) is 0 Å². The molecule has 1 aliphatic rings. The van der Waals surface area contributed by atoms with Gasteiger partial charge < -0.3 is 10.1 Å². The minimum absolute atomic E-state index is 0.201. The lowest BCUT2D eigenvalue weighted by atomic mass is 9.69. The zero-order valence-corrected chi connectivity index (χ0v) is 14.3. The molecule has 1 unspecified atom stereocenters. The fourth-order valence-corrected chi connectivity index (χ4v) is 3.24. The fraction of sp³-hybridized carbons (Fsp3) is 0.933. The minimum Gasteiger partial charge on any atom is -0.383 e. The van der Waals surface area contributed by atoms with E-state index < -0.39 is 0 Å². The number of nitrogens with one attached hydrogen (secondary N) is 1. The summed E-state index contributed by atoms with van der Waals surface area (Å²) in [5, 5.41) is 3.02. The van der Waals surface area contributed by atoms with Crippen molar-refractivity contribution >= 4 is 21.8 Å². The van der Waals surface area contributed by atoms with Crippen LogP contribution in [0.2, 0.25) is 0 Å². The molecule has 1 rings (SSSR count). The van der Waals surface area contributed by atoms with E-state index in [2.05, 4.69) is 42.0 Å². The molecule has 1 N–H and O–H groups in total. The van der Waals surface area contributed by atoms with Crippen LogP contribution < -0.4 is 5.32 Å². The molecular formula is C15H28BrNO2.